The maximum atomic E-state index is 12.6. The van der Waals surface area contributed by atoms with Crippen LogP contribution in [0.2, 0.25) is 0 Å². The first-order valence-electron chi connectivity index (χ1n) is 24.1. The van der Waals surface area contributed by atoms with E-state index in [-0.39, 0.29) is 5.41 Å². The van der Waals surface area contributed by atoms with Crippen molar-refractivity contribution in [3.05, 3.63) is 234 Å². The summed E-state index contributed by atoms with van der Waals surface area (Å²) in [5.41, 5.74) is 15.7. The Labute approximate surface area is 408 Å². The Hall–Kier alpha value is -9.62. The summed E-state index contributed by atoms with van der Waals surface area (Å²) in [5.74, 6) is 0. The van der Waals surface area contributed by atoms with Crippen LogP contribution in [0.4, 0.5) is 5.69 Å². The van der Waals surface area contributed by atoms with Crippen molar-refractivity contribution < 1.29 is 0 Å². The van der Waals surface area contributed by atoms with Crippen LogP contribution in [0.15, 0.2) is 206 Å². The minimum atomic E-state index is -0.300. The molecule has 0 fully saturated rings. The van der Waals surface area contributed by atoms with Crippen LogP contribution >= 0.6 is 0 Å². The third-order valence-electron chi connectivity index (χ3n) is 15.6. The summed E-state index contributed by atoms with van der Waals surface area (Å²) in [5, 5.41) is 21.1. The van der Waals surface area contributed by atoms with E-state index in [0.29, 0.717) is 28.3 Å². The second-order valence-corrected chi connectivity index (χ2v) is 19.4. The van der Waals surface area contributed by atoms with E-state index >= 15 is 0 Å². The number of hydrogen-bond acceptors (Lipinski definition) is 1. The van der Waals surface area contributed by atoms with Gasteiger partial charge >= 0.3 is 0 Å². The van der Waals surface area contributed by atoms with E-state index in [4.69, 9.17) is 4.85 Å². The predicted molar refractivity (Wildman–Crippen MR) is 292 cm³/mol. The van der Waals surface area contributed by atoms with Gasteiger partial charge in [0.1, 0.15) is 6.07 Å². The Morgan fingerprint density at radius 2 is 0.746 bits per heavy atom. The number of aromatic nitrogens is 4. The average Bonchev–Trinajstić information content (AvgIpc) is 4.19. The molecule has 10 aromatic carbocycles. The summed E-state index contributed by atoms with van der Waals surface area (Å²) in [6.07, 6.45) is 0. The second kappa shape index (κ2) is 14.2. The van der Waals surface area contributed by atoms with Crippen LogP contribution in [0.1, 0.15) is 30.5 Å². The lowest BCUT2D eigenvalue weighted by Crippen LogP contribution is -2.15. The van der Waals surface area contributed by atoms with E-state index < -0.39 is 0 Å². The molecular formula is C65H40N6. The molecule has 0 N–H and O–H groups in total. The molecular weight excluding hydrogens is 865 g/mol. The molecule has 0 atom stereocenters. The molecule has 0 spiro atoms. The van der Waals surface area contributed by atoms with Crippen LogP contribution in [0, 0.1) is 17.9 Å². The highest BCUT2D eigenvalue weighted by molar-refractivity contribution is 6.19. The van der Waals surface area contributed by atoms with Gasteiger partial charge in [-0.05, 0) is 59.2 Å². The lowest BCUT2D eigenvalue weighted by Gasteiger charge is -2.28. The molecule has 6 nitrogen and oxygen atoms in total. The van der Waals surface area contributed by atoms with Crippen molar-refractivity contribution in [2.45, 2.75) is 19.3 Å². The summed E-state index contributed by atoms with van der Waals surface area (Å²) in [6.45, 7) is 14.3. The molecule has 330 valence electrons. The lowest BCUT2D eigenvalue weighted by atomic mass is 9.82. The molecule has 0 amide bonds. The number of nitriles is 1. The largest absolute Gasteiger partial charge is 0.318 e. The van der Waals surface area contributed by atoms with Gasteiger partial charge < -0.3 is 18.3 Å². The van der Waals surface area contributed by atoms with Gasteiger partial charge in [-0.15, -0.1) is 0 Å². The van der Waals surface area contributed by atoms with Gasteiger partial charge in [-0.1, -0.05) is 178 Å². The molecule has 0 unspecified atom stereocenters. The Kier molecular flexibility index (Phi) is 7.88. The number of para-hydroxylation sites is 7. The first-order valence-corrected chi connectivity index (χ1v) is 24.1. The van der Waals surface area contributed by atoms with E-state index in [1.807, 2.05) is 0 Å². The standard InChI is InChI=1S/C65H40N6/c1-65(2)49-28-12-4-27-47(49)58-50(65)37-36-46-45-26-11-19-35-57(45)71(60(46)58)62-48(38-66)61(68-51-29-13-5-20-39(51)40-21-6-14-30-52(40)68)59(67-3)63(69-53-31-15-7-22-41(53)42-23-8-16-32-54(42)69)64(62)70-55-33-17-9-24-43(55)44-25-10-18-34-56(44)70/h4-37H,1-2H3. The lowest BCUT2D eigenvalue weighted by molar-refractivity contribution is 0.661. The topological polar surface area (TPSA) is 47.9 Å². The third-order valence-corrected chi connectivity index (χ3v) is 15.6. The first-order chi connectivity index (χ1) is 35.0. The van der Waals surface area contributed by atoms with Gasteiger partial charge in [0, 0.05) is 54.1 Å². The van der Waals surface area contributed by atoms with Crippen LogP contribution in [0.25, 0.3) is 126 Å². The van der Waals surface area contributed by atoms with E-state index in [1.54, 1.807) is 0 Å². The zero-order valence-corrected chi connectivity index (χ0v) is 38.8. The fourth-order valence-corrected chi connectivity index (χ4v) is 12.7. The van der Waals surface area contributed by atoms with Crippen LogP contribution in [-0.2, 0) is 5.41 Å². The number of benzene rings is 10. The molecule has 6 heteroatoms. The SMILES string of the molecule is [C-]#[N+]c1c(-n2c3ccccc3c3ccccc32)c(C#N)c(-n2c3ccccc3c3ccc4c(c32)-c2ccccc2C4(C)C)c(-n2c3ccccc3c3ccccc32)c1-n1c2ccccc2c2ccccc21. The number of nitrogens with zero attached hydrogens (tertiary/aromatic N) is 6. The fraction of sp³-hybridized carbons (Fsp3) is 0.0462. The second-order valence-electron chi connectivity index (χ2n) is 19.4. The monoisotopic (exact) mass is 904 g/mol. The Bertz CT molecular complexity index is 4600. The highest BCUT2D eigenvalue weighted by Gasteiger charge is 2.40. The molecule has 71 heavy (non-hydrogen) atoms. The van der Waals surface area contributed by atoms with Gasteiger partial charge in [0.15, 0.2) is 0 Å². The van der Waals surface area contributed by atoms with Crippen LogP contribution in [-0.4, -0.2) is 18.3 Å². The normalized spacial score (nSPS) is 13.0. The Morgan fingerprint density at radius 1 is 0.380 bits per heavy atom. The van der Waals surface area contributed by atoms with Gasteiger partial charge in [-0.3, -0.25) is 0 Å². The highest BCUT2D eigenvalue weighted by Crippen LogP contribution is 2.56. The number of rotatable bonds is 4. The van der Waals surface area contributed by atoms with Gasteiger partial charge in [-0.25, -0.2) is 4.85 Å². The maximum absolute atomic E-state index is 12.6. The minimum absolute atomic E-state index is 0.300. The molecule has 0 bridgehead atoms. The van der Waals surface area contributed by atoms with Gasteiger partial charge in [0.2, 0.25) is 5.69 Å². The molecule has 4 aromatic heterocycles. The summed E-state index contributed by atoms with van der Waals surface area (Å²) >= 11 is 0. The van der Waals surface area contributed by atoms with Crippen LogP contribution in [0.3, 0.4) is 0 Å². The average molecular weight is 905 g/mol. The van der Waals surface area contributed by atoms with Crippen molar-refractivity contribution in [2.75, 3.05) is 0 Å². The van der Waals surface area contributed by atoms with E-state index in [1.165, 1.54) is 16.7 Å². The summed E-state index contributed by atoms with van der Waals surface area (Å²) < 4.78 is 9.27. The fourth-order valence-electron chi connectivity index (χ4n) is 12.7. The van der Waals surface area contributed by atoms with Crippen molar-refractivity contribution in [2.24, 2.45) is 0 Å². The molecule has 0 saturated carbocycles. The molecule has 4 heterocycles. The van der Waals surface area contributed by atoms with Crippen LogP contribution < -0.4 is 0 Å². The Morgan fingerprint density at radius 3 is 1.18 bits per heavy atom. The molecule has 1 aliphatic carbocycles. The maximum Gasteiger partial charge on any atom is 0.237 e. The molecule has 0 aliphatic heterocycles. The summed E-state index contributed by atoms with van der Waals surface area (Å²) in [4.78, 5) is 4.74. The molecule has 0 radical (unpaired) electrons. The molecule has 0 saturated heterocycles. The number of hydrogen-bond donors (Lipinski definition) is 0. The Balaban J connectivity index is 1.30. The molecule has 1 aliphatic rings. The van der Waals surface area contributed by atoms with E-state index in [9.17, 15) is 11.8 Å². The first kappa shape index (κ1) is 39.4. The van der Waals surface area contributed by atoms with Crippen LogP contribution in [0.5, 0.6) is 0 Å². The van der Waals surface area contributed by atoms with Gasteiger partial charge in [0.05, 0.1) is 79.0 Å². The minimum Gasteiger partial charge on any atom is -0.318 e. The van der Waals surface area contributed by atoms with E-state index in [0.717, 1.165) is 98.5 Å². The van der Waals surface area contributed by atoms with Crippen molar-refractivity contribution >= 4 is 92.9 Å². The van der Waals surface area contributed by atoms with Crippen molar-refractivity contribution in [3.63, 3.8) is 0 Å². The zero-order valence-electron chi connectivity index (χ0n) is 38.8. The quantitative estimate of drug-likeness (QED) is 0.162. The smallest absolute Gasteiger partial charge is 0.237 e. The highest BCUT2D eigenvalue weighted by atomic mass is 15.1. The summed E-state index contributed by atoms with van der Waals surface area (Å²) in [6, 6.07) is 76.0. The van der Waals surface area contributed by atoms with Crippen molar-refractivity contribution in [1.82, 2.24) is 18.3 Å². The predicted octanol–water partition coefficient (Wildman–Crippen LogP) is 16.8. The third kappa shape index (κ3) is 4.98. The zero-order chi connectivity index (χ0) is 47.3. The van der Waals surface area contributed by atoms with Gasteiger partial charge in [-0.2, -0.15) is 5.26 Å². The van der Waals surface area contributed by atoms with Gasteiger partial charge in [0.25, 0.3) is 0 Å². The summed E-state index contributed by atoms with van der Waals surface area (Å²) in [7, 11) is 0. The van der Waals surface area contributed by atoms with Crippen molar-refractivity contribution in [3.8, 4) is 39.9 Å². The van der Waals surface area contributed by atoms with Crippen molar-refractivity contribution in [1.29, 1.82) is 5.26 Å². The number of fused-ring (bicyclic) bond motifs is 16. The molecule has 14 aromatic rings. The van der Waals surface area contributed by atoms with E-state index in [2.05, 4.69) is 244 Å². The molecule has 15 rings (SSSR count).